The molecule has 1 saturated heterocycles. The first kappa shape index (κ1) is 14.1. The molecule has 0 aromatic heterocycles. The van der Waals surface area contributed by atoms with E-state index in [0.29, 0.717) is 18.4 Å². The summed E-state index contributed by atoms with van der Waals surface area (Å²) in [5.41, 5.74) is 0. The summed E-state index contributed by atoms with van der Waals surface area (Å²) in [6.45, 7) is 2.24. The van der Waals surface area contributed by atoms with Crippen molar-refractivity contribution in [2.75, 3.05) is 0 Å². The number of carbonyl (C=O) groups excluding carboxylic acids is 2. The predicted molar refractivity (Wildman–Crippen MR) is 77.1 cm³/mol. The van der Waals surface area contributed by atoms with Gasteiger partial charge in [-0.05, 0) is 31.6 Å². The van der Waals surface area contributed by atoms with Crippen LogP contribution in [0.15, 0.2) is 0 Å². The van der Waals surface area contributed by atoms with E-state index in [-0.39, 0.29) is 23.9 Å². The fraction of sp³-hybridized carbons (Fsp3) is 0.875. The second kappa shape index (κ2) is 5.84. The fourth-order valence-electron chi connectivity index (χ4n) is 4.16. The molecule has 3 rings (SSSR count). The molecule has 0 aromatic carbocycles. The number of nitrogens with one attached hydrogen (secondary N) is 1. The summed E-state index contributed by atoms with van der Waals surface area (Å²) in [6, 6.07) is 0.342. The van der Waals surface area contributed by atoms with Crippen LogP contribution >= 0.6 is 0 Å². The number of imide groups is 1. The lowest BCUT2D eigenvalue weighted by Gasteiger charge is -2.30. The Labute approximate surface area is 121 Å². The van der Waals surface area contributed by atoms with Crippen LogP contribution in [-0.2, 0) is 9.59 Å². The number of rotatable bonds is 3. The topological polar surface area (TPSA) is 49.4 Å². The van der Waals surface area contributed by atoms with Gasteiger partial charge in [-0.25, -0.2) is 0 Å². The fourth-order valence-corrected chi connectivity index (χ4v) is 4.16. The second-order valence-corrected chi connectivity index (χ2v) is 6.83. The molecule has 3 aliphatic rings. The van der Waals surface area contributed by atoms with E-state index in [0.717, 1.165) is 32.1 Å². The monoisotopic (exact) mass is 278 g/mol. The maximum Gasteiger partial charge on any atom is 0.247 e. The number of hydrogen-bond acceptors (Lipinski definition) is 3. The molecule has 1 aliphatic heterocycles. The van der Waals surface area contributed by atoms with Crippen LogP contribution in [0.3, 0.4) is 0 Å². The van der Waals surface area contributed by atoms with Gasteiger partial charge in [0.15, 0.2) is 0 Å². The molecular formula is C16H26N2O2. The second-order valence-electron chi connectivity index (χ2n) is 6.83. The van der Waals surface area contributed by atoms with Gasteiger partial charge in [-0.1, -0.05) is 32.6 Å². The summed E-state index contributed by atoms with van der Waals surface area (Å²) >= 11 is 0. The molecule has 2 aliphatic carbocycles. The van der Waals surface area contributed by atoms with E-state index in [9.17, 15) is 9.59 Å². The highest BCUT2D eigenvalue weighted by atomic mass is 16.2. The van der Waals surface area contributed by atoms with Crippen molar-refractivity contribution in [2.45, 2.75) is 82.8 Å². The minimum atomic E-state index is -0.255. The van der Waals surface area contributed by atoms with Crippen molar-refractivity contribution in [1.29, 1.82) is 0 Å². The van der Waals surface area contributed by atoms with Gasteiger partial charge in [0.05, 0.1) is 12.5 Å². The summed E-state index contributed by atoms with van der Waals surface area (Å²) in [7, 11) is 0. The van der Waals surface area contributed by atoms with Gasteiger partial charge in [0.25, 0.3) is 0 Å². The number of carbonyl (C=O) groups is 2. The molecule has 0 aromatic rings. The highest BCUT2D eigenvalue weighted by molar-refractivity contribution is 6.05. The molecule has 1 heterocycles. The molecule has 3 unspecified atom stereocenters. The minimum absolute atomic E-state index is 0.0426. The van der Waals surface area contributed by atoms with Crippen molar-refractivity contribution in [3.63, 3.8) is 0 Å². The molecule has 20 heavy (non-hydrogen) atoms. The SMILES string of the molecule is CC1CCCC1NC1CC(=O)N(C2CCCCC2)C1=O. The van der Waals surface area contributed by atoms with Crippen LogP contribution in [0.1, 0.15) is 64.7 Å². The van der Waals surface area contributed by atoms with Gasteiger partial charge in [0.1, 0.15) is 0 Å². The zero-order valence-electron chi connectivity index (χ0n) is 12.4. The third-order valence-corrected chi connectivity index (χ3v) is 5.40. The van der Waals surface area contributed by atoms with E-state index in [2.05, 4.69) is 12.2 Å². The predicted octanol–water partition coefficient (Wildman–Crippen LogP) is 2.22. The summed E-state index contributed by atoms with van der Waals surface area (Å²) in [4.78, 5) is 26.4. The molecule has 4 nitrogen and oxygen atoms in total. The molecule has 2 amide bonds. The first-order chi connectivity index (χ1) is 9.66. The standard InChI is InChI=1S/C16H26N2O2/c1-11-6-5-9-13(11)17-14-10-15(19)18(16(14)20)12-7-3-2-4-8-12/h11-14,17H,2-10H2,1H3. The first-order valence-electron chi connectivity index (χ1n) is 8.29. The van der Waals surface area contributed by atoms with Gasteiger partial charge in [-0.15, -0.1) is 0 Å². The van der Waals surface area contributed by atoms with Crippen LogP contribution in [0.2, 0.25) is 0 Å². The quantitative estimate of drug-likeness (QED) is 0.805. The van der Waals surface area contributed by atoms with Crippen molar-refractivity contribution < 1.29 is 9.59 Å². The minimum Gasteiger partial charge on any atom is -0.302 e. The van der Waals surface area contributed by atoms with E-state index in [1.807, 2.05) is 0 Å². The van der Waals surface area contributed by atoms with Gasteiger partial charge in [-0.3, -0.25) is 14.5 Å². The van der Waals surface area contributed by atoms with Crippen LogP contribution in [0.25, 0.3) is 0 Å². The van der Waals surface area contributed by atoms with Gasteiger partial charge in [-0.2, -0.15) is 0 Å². The number of amides is 2. The summed E-state index contributed by atoms with van der Waals surface area (Å²) < 4.78 is 0. The van der Waals surface area contributed by atoms with E-state index in [1.54, 1.807) is 4.90 Å². The number of hydrogen-bond donors (Lipinski definition) is 1. The number of likely N-dealkylation sites (tertiary alicyclic amines) is 1. The molecule has 0 radical (unpaired) electrons. The molecule has 2 saturated carbocycles. The molecule has 3 fully saturated rings. The van der Waals surface area contributed by atoms with Crippen LogP contribution in [0.4, 0.5) is 0 Å². The summed E-state index contributed by atoms with van der Waals surface area (Å²) in [5, 5.41) is 3.46. The molecule has 3 atom stereocenters. The van der Waals surface area contributed by atoms with Crippen LogP contribution in [0, 0.1) is 5.92 Å². The maximum absolute atomic E-state index is 12.6. The average Bonchev–Trinajstić information content (AvgIpc) is 2.96. The van der Waals surface area contributed by atoms with Gasteiger partial charge >= 0.3 is 0 Å². The summed E-state index contributed by atoms with van der Waals surface area (Å²) in [5.74, 6) is 0.715. The lowest BCUT2D eigenvalue weighted by molar-refractivity contribution is -0.142. The lowest BCUT2D eigenvalue weighted by atomic mass is 9.94. The van der Waals surface area contributed by atoms with Crippen LogP contribution in [0.5, 0.6) is 0 Å². The van der Waals surface area contributed by atoms with Crippen LogP contribution < -0.4 is 5.32 Å². The van der Waals surface area contributed by atoms with Gasteiger partial charge in [0.2, 0.25) is 11.8 Å². The third-order valence-electron chi connectivity index (χ3n) is 5.40. The molecule has 4 heteroatoms. The third kappa shape index (κ3) is 2.62. The smallest absolute Gasteiger partial charge is 0.247 e. The summed E-state index contributed by atoms with van der Waals surface area (Å²) in [6.07, 6.45) is 9.54. The largest absolute Gasteiger partial charge is 0.302 e. The Morgan fingerprint density at radius 2 is 1.75 bits per heavy atom. The van der Waals surface area contributed by atoms with Gasteiger partial charge in [0, 0.05) is 12.1 Å². The van der Waals surface area contributed by atoms with Crippen LogP contribution in [-0.4, -0.2) is 34.8 Å². The maximum atomic E-state index is 12.6. The Hall–Kier alpha value is -0.900. The Kier molecular flexibility index (Phi) is 4.11. The van der Waals surface area contributed by atoms with Gasteiger partial charge < -0.3 is 5.32 Å². The van der Waals surface area contributed by atoms with E-state index in [4.69, 9.17) is 0 Å². The first-order valence-corrected chi connectivity index (χ1v) is 8.29. The van der Waals surface area contributed by atoms with Crippen molar-refractivity contribution in [2.24, 2.45) is 5.92 Å². The van der Waals surface area contributed by atoms with Crippen molar-refractivity contribution >= 4 is 11.8 Å². The Bertz CT molecular complexity index is 390. The molecular weight excluding hydrogens is 252 g/mol. The number of nitrogens with zero attached hydrogens (tertiary/aromatic N) is 1. The molecule has 112 valence electrons. The molecule has 1 N–H and O–H groups in total. The highest BCUT2D eigenvalue weighted by Gasteiger charge is 2.43. The van der Waals surface area contributed by atoms with Crippen molar-refractivity contribution in [3.8, 4) is 0 Å². The Morgan fingerprint density at radius 1 is 1.00 bits per heavy atom. The molecule has 0 bridgehead atoms. The zero-order chi connectivity index (χ0) is 14.1. The zero-order valence-corrected chi connectivity index (χ0v) is 12.4. The van der Waals surface area contributed by atoms with Crippen molar-refractivity contribution in [3.05, 3.63) is 0 Å². The van der Waals surface area contributed by atoms with E-state index in [1.165, 1.54) is 19.3 Å². The lowest BCUT2D eigenvalue weighted by Crippen LogP contribution is -2.47. The average molecular weight is 278 g/mol. The molecule has 0 spiro atoms. The van der Waals surface area contributed by atoms with Crippen molar-refractivity contribution in [1.82, 2.24) is 10.2 Å². The Morgan fingerprint density at radius 3 is 2.40 bits per heavy atom. The Balaban J connectivity index is 1.63. The highest BCUT2D eigenvalue weighted by Crippen LogP contribution is 2.30. The van der Waals surface area contributed by atoms with E-state index < -0.39 is 0 Å². The van der Waals surface area contributed by atoms with E-state index >= 15 is 0 Å². The normalized spacial score (nSPS) is 36.0.